The minimum absolute atomic E-state index is 0. The Kier molecular flexibility index (Phi) is 12.5. The van der Waals surface area contributed by atoms with Crippen molar-refractivity contribution in [2.45, 2.75) is 0 Å². The predicted molar refractivity (Wildman–Crippen MR) is 4.44 cm³/mol. The Morgan fingerprint density at radius 2 is 1.20 bits per heavy atom. The summed E-state index contributed by atoms with van der Waals surface area (Å²) in [5.74, 6) is 0. The zero-order valence-corrected chi connectivity index (χ0v) is 7.84. The summed E-state index contributed by atoms with van der Waals surface area (Å²) in [6.07, 6.45) is 0. The summed E-state index contributed by atoms with van der Waals surface area (Å²) in [6.45, 7) is 0. The Labute approximate surface area is 69.7 Å². The average Bonchev–Trinajstić information content (AvgIpc) is 0.811. The summed E-state index contributed by atoms with van der Waals surface area (Å²) in [5, 5.41) is 0. The molecule has 0 aliphatic carbocycles. The molecule has 0 saturated heterocycles. The normalized spacial score (nSPS) is 5.40. The second kappa shape index (κ2) is 6.14. The Hall–Kier alpha value is 2.14. The van der Waals surface area contributed by atoms with E-state index in [2.05, 4.69) is 0 Å². The van der Waals surface area contributed by atoms with Crippen LogP contribution in [0, 0.1) is 37.1 Å². The van der Waals surface area contributed by atoms with Crippen LogP contribution < -0.4 is 29.6 Å². The minimum atomic E-state index is -5.16. The second-order valence-corrected chi connectivity index (χ2v) is 1.59. The molecule has 0 amide bonds. The maximum atomic E-state index is 9.88. The Balaban J connectivity index is -0.0000000450. The quantitative estimate of drug-likeness (QED) is 0.435. The van der Waals surface area contributed by atoms with Gasteiger partial charge in [-0.3, -0.25) is 0 Å². The molecule has 27 valence electrons. The molecular weight excluding hydrogens is 224 g/mol. The SMILES string of the molecule is [F][Nd]([F])[F].[H-].[Na+]. The van der Waals surface area contributed by atoms with Crippen LogP contribution in [0.4, 0.5) is 3.04 Å². The van der Waals surface area contributed by atoms with E-state index >= 15 is 0 Å². The van der Waals surface area contributed by atoms with Gasteiger partial charge in [-0.1, -0.05) is 0 Å². The fourth-order valence-corrected chi connectivity index (χ4v) is 0. The average molecular weight is 225 g/mol. The van der Waals surface area contributed by atoms with Gasteiger partial charge in [0.1, 0.15) is 0 Å². The monoisotopic (exact) mass is 223 g/mol. The number of hydrogen-bond acceptors (Lipinski definition) is 0. The van der Waals surface area contributed by atoms with Crippen LogP contribution in [0.2, 0.25) is 0 Å². The van der Waals surface area contributed by atoms with Gasteiger partial charge in [0, 0.05) is 0 Å². The molecule has 0 aromatic rings. The first-order valence-corrected chi connectivity index (χ1v) is 4.20. The molecule has 0 saturated carbocycles. The van der Waals surface area contributed by atoms with Gasteiger partial charge in [-0.05, 0) is 0 Å². The van der Waals surface area contributed by atoms with Gasteiger partial charge in [0.15, 0.2) is 0 Å². The molecule has 5 heteroatoms. The van der Waals surface area contributed by atoms with Gasteiger partial charge >= 0.3 is 69.7 Å². The first kappa shape index (κ1) is 10.2. The van der Waals surface area contributed by atoms with E-state index in [9.17, 15) is 3.04 Å². The molecule has 0 nitrogen and oxygen atoms in total. The van der Waals surface area contributed by atoms with Crippen LogP contribution in [0.3, 0.4) is 0 Å². The first-order chi connectivity index (χ1) is 1.73. The summed E-state index contributed by atoms with van der Waals surface area (Å²) in [7, 11) is 0. The second-order valence-electron chi connectivity index (χ2n) is 0.214. The molecular formula is HF3NaNd. The van der Waals surface area contributed by atoms with Gasteiger partial charge in [0.05, 0.1) is 0 Å². The van der Waals surface area contributed by atoms with Gasteiger partial charge in [-0.2, -0.15) is 0 Å². The van der Waals surface area contributed by atoms with Crippen molar-refractivity contribution in [1.29, 1.82) is 0 Å². The molecule has 0 atom stereocenters. The topological polar surface area (TPSA) is 0 Å². The third kappa shape index (κ3) is 23.0. The van der Waals surface area contributed by atoms with Crippen LogP contribution in [0.15, 0.2) is 0 Å². The summed E-state index contributed by atoms with van der Waals surface area (Å²) in [6, 6.07) is 0. The maximum absolute atomic E-state index is 9.88. The van der Waals surface area contributed by atoms with E-state index in [-0.39, 0.29) is 31.0 Å². The van der Waals surface area contributed by atoms with Crippen molar-refractivity contribution in [3.8, 4) is 0 Å². The molecule has 0 rings (SSSR count). The van der Waals surface area contributed by atoms with E-state index in [0.29, 0.717) is 0 Å². The largest absolute Gasteiger partial charge is 1.00 e. The fraction of sp³-hybridized carbons (Fsp3) is 0. The van der Waals surface area contributed by atoms with Gasteiger partial charge in [-0.25, -0.2) is 0 Å². The smallest absolute Gasteiger partial charge is 1.00 e. The molecule has 0 bridgehead atoms. The fourth-order valence-electron chi connectivity index (χ4n) is 0. The number of rotatable bonds is 0. The zero-order chi connectivity index (χ0) is 3.58. The van der Waals surface area contributed by atoms with Crippen molar-refractivity contribution < 1.29 is 71.1 Å². The van der Waals surface area contributed by atoms with Crippen molar-refractivity contribution in [1.82, 2.24) is 0 Å². The van der Waals surface area contributed by atoms with E-state index in [4.69, 9.17) is 0 Å². The summed E-state index contributed by atoms with van der Waals surface area (Å²) < 4.78 is 29.6. The van der Waals surface area contributed by atoms with Crippen LogP contribution >= 0.6 is 0 Å². The third-order valence-corrected chi connectivity index (χ3v) is 0. The molecule has 0 aromatic heterocycles. The van der Waals surface area contributed by atoms with Gasteiger partial charge < -0.3 is 1.43 Å². The molecule has 0 radical (unpaired) electrons. The van der Waals surface area contributed by atoms with Crippen LogP contribution in [0.5, 0.6) is 0 Å². The van der Waals surface area contributed by atoms with Crippen LogP contribution in [0.1, 0.15) is 1.43 Å². The Morgan fingerprint density at radius 1 is 1.20 bits per heavy atom. The molecule has 0 N–H and O–H groups in total. The van der Waals surface area contributed by atoms with Crippen molar-refractivity contribution >= 4 is 0 Å². The van der Waals surface area contributed by atoms with E-state index < -0.39 is 37.1 Å². The van der Waals surface area contributed by atoms with Crippen LogP contribution in [-0.2, 0) is 0 Å². The zero-order valence-electron chi connectivity index (χ0n) is 3.63. The summed E-state index contributed by atoms with van der Waals surface area (Å²) >= 11 is -5.16. The Morgan fingerprint density at radius 3 is 1.20 bits per heavy atom. The van der Waals surface area contributed by atoms with E-state index in [1.807, 2.05) is 0 Å². The molecule has 0 heterocycles. The molecule has 0 aliphatic rings. The van der Waals surface area contributed by atoms with Crippen LogP contribution in [0.25, 0.3) is 0 Å². The van der Waals surface area contributed by atoms with Crippen molar-refractivity contribution in [2.24, 2.45) is 0 Å². The van der Waals surface area contributed by atoms with Crippen LogP contribution in [-0.4, -0.2) is 0 Å². The van der Waals surface area contributed by atoms with Crippen molar-refractivity contribution in [3.63, 3.8) is 0 Å². The predicted octanol–water partition coefficient (Wildman–Crippen LogP) is -1.62. The molecule has 0 aliphatic heterocycles. The van der Waals surface area contributed by atoms with Crippen molar-refractivity contribution in [2.75, 3.05) is 0 Å². The van der Waals surface area contributed by atoms with E-state index in [1.54, 1.807) is 0 Å². The summed E-state index contributed by atoms with van der Waals surface area (Å²) in [4.78, 5) is 0. The van der Waals surface area contributed by atoms with Gasteiger partial charge in [0.2, 0.25) is 0 Å². The molecule has 0 aromatic carbocycles. The standard InChI is InChI=1S/3FH.Na.Nd.H/h3*1H;;;/q;;;+1;+3;-1/p-3. The minimum Gasteiger partial charge on any atom is -1.00 e. The third-order valence-electron chi connectivity index (χ3n) is 0. The molecule has 0 spiro atoms. The number of halogens is 3. The summed E-state index contributed by atoms with van der Waals surface area (Å²) in [5.41, 5.74) is 0. The maximum Gasteiger partial charge on any atom is 1.00 e. The molecule has 5 heavy (non-hydrogen) atoms. The first-order valence-electron chi connectivity index (χ1n) is 0.567. The van der Waals surface area contributed by atoms with Gasteiger partial charge in [-0.15, -0.1) is 0 Å². The number of hydrogen-bond donors (Lipinski definition) is 0. The van der Waals surface area contributed by atoms with Gasteiger partial charge in [0.25, 0.3) is 0 Å². The van der Waals surface area contributed by atoms with E-state index in [1.165, 1.54) is 0 Å². The molecule has 0 fully saturated rings. The van der Waals surface area contributed by atoms with E-state index in [0.717, 1.165) is 0 Å². The molecule has 0 unspecified atom stereocenters. The van der Waals surface area contributed by atoms with Crippen molar-refractivity contribution in [3.05, 3.63) is 0 Å². The Bertz CT molecular complexity index is 15.5.